The normalized spacial score (nSPS) is 17.2. The second kappa shape index (κ2) is 19.2. The van der Waals surface area contributed by atoms with E-state index in [2.05, 4.69) is 51.4 Å². The lowest BCUT2D eigenvalue weighted by Crippen LogP contribution is -2.38. The van der Waals surface area contributed by atoms with Crippen molar-refractivity contribution in [3.8, 4) is 0 Å². The lowest BCUT2D eigenvalue weighted by atomic mass is 10.1. The number of carbonyl (C=O) groups is 5. The van der Waals surface area contributed by atoms with Gasteiger partial charge in [-0.25, -0.2) is 0 Å². The Bertz CT molecular complexity index is 759. The Morgan fingerprint density at radius 3 is 2.24 bits per heavy atom. The van der Waals surface area contributed by atoms with Crippen LogP contribution in [0, 0.1) is 0 Å². The van der Waals surface area contributed by atoms with Crippen molar-refractivity contribution in [3.05, 3.63) is 0 Å². The van der Waals surface area contributed by atoms with E-state index in [4.69, 9.17) is 5.11 Å². The molecule has 0 aliphatic carbocycles. The standard InChI is InChI=1S/C23H42N6O6S2/c1-24-16(22(33)34)9-10-20(31)26-12-5-2-3-8-19(30)25-13-6-4-7-18-21(32)27-15-29(18)14-11-17(28-37)23(35)36/h16-18,24,28,37H,2-15H2,1H3,(H,25,30)(H,26,31)(H,27,32)(H,33,34)(H,35,36). The molecule has 3 amide bonds. The number of carboxylic acids is 1. The summed E-state index contributed by atoms with van der Waals surface area (Å²) in [5, 5.41) is 19.8. The fourth-order valence-corrected chi connectivity index (χ4v) is 4.55. The van der Waals surface area contributed by atoms with Gasteiger partial charge < -0.3 is 26.4 Å². The summed E-state index contributed by atoms with van der Waals surface area (Å²) in [6.07, 6.45) is 5.80. The SMILES string of the molecule is CNC(CCC(=O)NCCCCCC(=O)NCCCCC1C(=O)NCN1CCC(NS)C(=O)S)C(=O)O. The number of unbranched alkanes of at least 4 members (excludes halogenated alkanes) is 3. The third-order valence-corrected chi connectivity index (χ3v) is 6.92. The van der Waals surface area contributed by atoms with Crippen molar-refractivity contribution in [2.45, 2.75) is 82.3 Å². The number of carboxylic acid groups (broad SMARTS) is 1. The van der Waals surface area contributed by atoms with Gasteiger partial charge in [0.25, 0.3) is 0 Å². The first kappa shape index (κ1) is 33.2. The Labute approximate surface area is 229 Å². The van der Waals surface area contributed by atoms with Crippen LogP contribution in [0.25, 0.3) is 0 Å². The van der Waals surface area contributed by atoms with Crippen LogP contribution >= 0.6 is 25.4 Å². The van der Waals surface area contributed by atoms with Gasteiger partial charge in [-0.05, 0) is 52.0 Å². The number of amides is 3. The number of nitrogens with zero attached hydrogens (tertiary/aromatic N) is 1. The minimum Gasteiger partial charge on any atom is -0.480 e. The molecular formula is C23H42N6O6S2. The molecule has 1 aliphatic rings. The molecule has 3 atom stereocenters. The van der Waals surface area contributed by atoms with E-state index in [-0.39, 0.29) is 41.7 Å². The van der Waals surface area contributed by atoms with Crippen LogP contribution in [0.5, 0.6) is 0 Å². The topological polar surface area (TPSA) is 169 Å². The highest BCUT2D eigenvalue weighted by Gasteiger charge is 2.32. The molecule has 0 aromatic rings. The van der Waals surface area contributed by atoms with Gasteiger partial charge in [0.1, 0.15) is 6.04 Å². The fourth-order valence-electron chi connectivity index (χ4n) is 4.01. The molecule has 3 unspecified atom stereocenters. The number of hydrogen-bond acceptors (Lipinski definition) is 9. The first-order chi connectivity index (χ1) is 17.7. The Kier molecular flexibility index (Phi) is 17.2. The number of rotatable bonds is 21. The molecule has 0 radical (unpaired) electrons. The minimum absolute atomic E-state index is 0.0160. The smallest absolute Gasteiger partial charge is 0.320 e. The van der Waals surface area contributed by atoms with Crippen LogP contribution < -0.4 is 26.0 Å². The third kappa shape index (κ3) is 14.0. The highest BCUT2D eigenvalue weighted by Crippen LogP contribution is 2.15. The maximum Gasteiger partial charge on any atom is 0.320 e. The summed E-state index contributed by atoms with van der Waals surface area (Å²) < 4.78 is 2.62. The van der Waals surface area contributed by atoms with Crippen LogP contribution in [0.4, 0.5) is 0 Å². The number of carbonyl (C=O) groups excluding carboxylic acids is 4. The first-order valence-electron chi connectivity index (χ1n) is 12.8. The molecule has 0 saturated carbocycles. The fraction of sp³-hybridized carbons (Fsp3) is 0.783. The molecule has 37 heavy (non-hydrogen) atoms. The van der Waals surface area contributed by atoms with Crippen molar-refractivity contribution in [1.82, 2.24) is 30.9 Å². The highest BCUT2D eigenvalue weighted by molar-refractivity contribution is 7.96. The van der Waals surface area contributed by atoms with Gasteiger partial charge in [-0.2, -0.15) is 0 Å². The van der Waals surface area contributed by atoms with Crippen LogP contribution in [0.3, 0.4) is 0 Å². The third-order valence-electron chi connectivity index (χ3n) is 6.29. The zero-order valence-electron chi connectivity index (χ0n) is 21.5. The van der Waals surface area contributed by atoms with Gasteiger partial charge >= 0.3 is 5.97 Å². The summed E-state index contributed by atoms with van der Waals surface area (Å²) in [5.41, 5.74) is 0. The molecule has 0 aromatic heterocycles. The zero-order chi connectivity index (χ0) is 27.6. The van der Waals surface area contributed by atoms with Crippen LogP contribution in [0.1, 0.15) is 64.2 Å². The molecule has 1 heterocycles. The Morgan fingerprint density at radius 2 is 1.65 bits per heavy atom. The number of aliphatic carboxylic acids is 1. The van der Waals surface area contributed by atoms with E-state index >= 15 is 0 Å². The molecule has 0 bridgehead atoms. The lowest BCUT2D eigenvalue weighted by molar-refractivity contribution is -0.139. The Balaban J connectivity index is 2.08. The van der Waals surface area contributed by atoms with E-state index in [9.17, 15) is 24.0 Å². The molecule has 1 rings (SSSR count). The van der Waals surface area contributed by atoms with Gasteiger partial charge in [0.05, 0.1) is 18.8 Å². The monoisotopic (exact) mass is 562 g/mol. The second-order valence-electron chi connectivity index (χ2n) is 9.06. The van der Waals surface area contributed by atoms with E-state index in [0.29, 0.717) is 45.6 Å². The summed E-state index contributed by atoms with van der Waals surface area (Å²) in [4.78, 5) is 60.3. The van der Waals surface area contributed by atoms with Crippen LogP contribution in [-0.4, -0.2) is 90.3 Å². The van der Waals surface area contributed by atoms with Crippen LogP contribution in [-0.2, 0) is 24.0 Å². The van der Waals surface area contributed by atoms with Crippen LogP contribution in [0.15, 0.2) is 0 Å². The summed E-state index contributed by atoms with van der Waals surface area (Å²) in [6, 6.07) is -1.45. The molecule has 0 aromatic carbocycles. The van der Waals surface area contributed by atoms with E-state index in [0.717, 1.165) is 32.1 Å². The van der Waals surface area contributed by atoms with Gasteiger partial charge in [-0.1, -0.05) is 19.2 Å². The molecule has 1 aliphatic heterocycles. The van der Waals surface area contributed by atoms with Gasteiger partial charge in [-0.15, -0.1) is 12.6 Å². The Morgan fingerprint density at radius 1 is 1.00 bits per heavy atom. The zero-order valence-corrected chi connectivity index (χ0v) is 23.3. The molecule has 0 spiro atoms. The minimum atomic E-state index is -0.975. The molecule has 212 valence electrons. The van der Waals surface area contributed by atoms with Crippen molar-refractivity contribution in [2.24, 2.45) is 0 Å². The molecule has 14 heteroatoms. The largest absolute Gasteiger partial charge is 0.480 e. The second-order valence-corrected chi connectivity index (χ2v) is 9.76. The Hall–Kier alpha value is -1.87. The van der Waals surface area contributed by atoms with Crippen molar-refractivity contribution < 1.29 is 29.1 Å². The predicted octanol–water partition coefficient (Wildman–Crippen LogP) is -0.190. The quantitative estimate of drug-likeness (QED) is 0.0698. The van der Waals surface area contributed by atoms with Crippen molar-refractivity contribution in [2.75, 3.05) is 33.4 Å². The lowest BCUT2D eigenvalue weighted by Gasteiger charge is -2.23. The highest BCUT2D eigenvalue weighted by atomic mass is 32.1. The maximum atomic E-state index is 12.1. The number of likely N-dealkylation sites (N-methyl/N-ethyl adjacent to an activating group) is 1. The number of hydrogen-bond donors (Lipinski definition) is 8. The molecule has 12 nitrogen and oxygen atoms in total. The van der Waals surface area contributed by atoms with Crippen molar-refractivity contribution >= 4 is 54.2 Å². The molecule has 6 N–H and O–H groups in total. The van der Waals surface area contributed by atoms with E-state index in [1.165, 1.54) is 0 Å². The van der Waals surface area contributed by atoms with E-state index < -0.39 is 18.1 Å². The predicted molar refractivity (Wildman–Crippen MR) is 146 cm³/mol. The van der Waals surface area contributed by atoms with Crippen molar-refractivity contribution in [1.29, 1.82) is 0 Å². The average molecular weight is 563 g/mol. The average Bonchev–Trinajstić information content (AvgIpc) is 3.20. The summed E-state index contributed by atoms with van der Waals surface area (Å²) >= 11 is 7.78. The van der Waals surface area contributed by atoms with Gasteiger partial charge in [-0.3, -0.25) is 33.6 Å². The van der Waals surface area contributed by atoms with Gasteiger partial charge in [0.2, 0.25) is 22.8 Å². The summed E-state index contributed by atoms with van der Waals surface area (Å²) in [6.45, 7) is 2.06. The van der Waals surface area contributed by atoms with E-state index in [1.807, 2.05) is 4.90 Å². The maximum absolute atomic E-state index is 12.1. The van der Waals surface area contributed by atoms with Gasteiger partial charge in [0.15, 0.2) is 0 Å². The number of thiol groups is 2. The van der Waals surface area contributed by atoms with Crippen molar-refractivity contribution in [3.63, 3.8) is 0 Å². The van der Waals surface area contributed by atoms with Gasteiger partial charge in [0, 0.05) is 32.5 Å². The first-order valence-corrected chi connectivity index (χ1v) is 13.7. The van der Waals surface area contributed by atoms with E-state index in [1.54, 1.807) is 7.05 Å². The number of nitrogens with one attached hydrogen (secondary N) is 5. The van der Waals surface area contributed by atoms with Crippen LogP contribution in [0.2, 0.25) is 0 Å². The molecule has 1 saturated heterocycles. The summed E-state index contributed by atoms with van der Waals surface area (Å²) in [7, 11) is 1.55. The summed E-state index contributed by atoms with van der Waals surface area (Å²) in [5.74, 6) is -1.19. The molecular weight excluding hydrogens is 520 g/mol. The molecule has 1 fully saturated rings.